The summed E-state index contributed by atoms with van der Waals surface area (Å²) in [6, 6.07) is 3.90. The predicted octanol–water partition coefficient (Wildman–Crippen LogP) is 1.78. The summed E-state index contributed by atoms with van der Waals surface area (Å²) in [5.41, 5.74) is 2.60. The van der Waals surface area contributed by atoms with Crippen LogP contribution in [-0.4, -0.2) is 61.4 Å². The van der Waals surface area contributed by atoms with Gasteiger partial charge in [0.05, 0.1) is 11.4 Å². The Morgan fingerprint density at radius 2 is 1.71 bits per heavy atom. The summed E-state index contributed by atoms with van der Waals surface area (Å²) in [6.45, 7) is 6.45. The lowest BCUT2D eigenvalue weighted by Gasteiger charge is -2.35. The van der Waals surface area contributed by atoms with Crippen molar-refractivity contribution >= 4 is 16.0 Å². The van der Waals surface area contributed by atoms with Crippen LogP contribution in [0.15, 0.2) is 17.0 Å². The van der Waals surface area contributed by atoms with Crippen LogP contribution in [0.5, 0.6) is 0 Å². The van der Waals surface area contributed by atoms with Gasteiger partial charge in [0.2, 0.25) is 10.0 Å². The minimum absolute atomic E-state index is 0.0202. The minimum Gasteiger partial charge on any atom is -0.480 e. The summed E-state index contributed by atoms with van der Waals surface area (Å²) in [4.78, 5) is 13.0. The zero-order valence-electron chi connectivity index (χ0n) is 14.7. The number of aliphatic carboxylic acids is 1. The smallest absolute Gasteiger partial charge is 0.317 e. The van der Waals surface area contributed by atoms with E-state index >= 15 is 0 Å². The lowest BCUT2D eigenvalue weighted by molar-refractivity contribution is -0.138. The van der Waals surface area contributed by atoms with Crippen molar-refractivity contribution in [2.45, 2.75) is 44.6 Å². The van der Waals surface area contributed by atoms with Gasteiger partial charge in [0.25, 0.3) is 0 Å². The fourth-order valence-corrected chi connectivity index (χ4v) is 5.45. The standard InChI is InChI=1S/C17H26N2O4S/c1-12-9-13(2)17(14(3)10-12)24(22,23)19-7-5-15(6-8-19)18(4)11-16(20)21/h9-10,15H,5-8,11H2,1-4H3,(H,20,21). The van der Waals surface area contributed by atoms with Crippen LogP contribution in [0.3, 0.4) is 0 Å². The summed E-state index contributed by atoms with van der Waals surface area (Å²) in [7, 11) is -1.74. The number of carbonyl (C=O) groups is 1. The number of carboxylic acid groups (broad SMARTS) is 1. The molecule has 24 heavy (non-hydrogen) atoms. The molecule has 0 radical (unpaired) electrons. The second kappa shape index (κ2) is 7.21. The number of hydrogen-bond acceptors (Lipinski definition) is 4. The molecule has 1 saturated heterocycles. The lowest BCUT2D eigenvalue weighted by atomic mass is 10.1. The van der Waals surface area contributed by atoms with Crippen molar-refractivity contribution in [1.29, 1.82) is 0 Å². The number of nitrogens with zero attached hydrogens (tertiary/aromatic N) is 2. The molecule has 1 aliphatic heterocycles. The van der Waals surface area contributed by atoms with Gasteiger partial charge in [0.15, 0.2) is 0 Å². The number of carboxylic acids is 1. The first-order valence-corrected chi connectivity index (χ1v) is 9.57. The molecule has 0 atom stereocenters. The molecule has 7 heteroatoms. The second-order valence-corrected chi connectivity index (χ2v) is 8.55. The fraction of sp³-hybridized carbons (Fsp3) is 0.588. The maximum atomic E-state index is 13.0. The largest absolute Gasteiger partial charge is 0.480 e. The number of rotatable bonds is 5. The Morgan fingerprint density at radius 1 is 1.21 bits per heavy atom. The first-order valence-electron chi connectivity index (χ1n) is 8.13. The molecule has 2 rings (SSSR count). The van der Waals surface area contributed by atoms with E-state index < -0.39 is 16.0 Å². The average molecular weight is 354 g/mol. The van der Waals surface area contributed by atoms with Gasteiger partial charge in [-0.25, -0.2) is 8.42 Å². The molecule has 1 N–H and O–H groups in total. The van der Waals surface area contributed by atoms with Crippen LogP contribution >= 0.6 is 0 Å². The number of piperidine rings is 1. The predicted molar refractivity (Wildman–Crippen MR) is 92.7 cm³/mol. The van der Waals surface area contributed by atoms with Gasteiger partial charge >= 0.3 is 5.97 Å². The zero-order chi connectivity index (χ0) is 18.1. The van der Waals surface area contributed by atoms with E-state index in [1.54, 1.807) is 11.9 Å². The van der Waals surface area contributed by atoms with Crippen LogP contribution in [0.25, 0.3) is 0 Å². The first-order chi connectivity index (χ1) is 11.1. The molecule has 0 aliphatic carbocycles. The molecular weight excluding hydrogens is 328 g/mol. The third-order valence-corrected chi connectivity index (χ3v) is 6.84. The van der Waals surface area contributed by atoms with Gasteiger partial charge in [-0.2, -0.15) is 4.31 Å². The Bertz CT molecular complexity index is 699. The van der Waals surface area contributed by atoms with E-state index in [2.05, 4.69) is 0 Å². The maximum Gasteiger partial charge on any atom is 0.317 e. The topological polar surface area (TPSA) is 77.9 Å². The molecule has 1 heterocycles. The van der Waals surface area contributed by atoms with Gasteiger partial charge in [0, 0.05) is 19.1 Å². The molecule has 0 unspecified atom stereocenters. The van der Waals surface area contributed by atoms with E-state index in [0.717, 1.165) is 16.7 Å². The van der Waals surface area contributed by atoms with Crippen LogP contribution in [0.4, 0.5) is 0 Å². The monoisotopic (exact) mass is 354 g/mol. The van der Waals surface area contributed by atoms with Crippen molar-refractivity contribution in [1.82, 2.24) is 9.21 Å². The van der Waals surface area contributed by atoms with Gasteiger partial charge in [0.1, 0.15) is 0 Å². The summed E-state index contributed by atoms with van der Waals surface area (Å²) in [5, 5.41) is 8.88. The van der Waals surface area contributed by atoms with Crippen LogP contribution in [0, 0.1) is 20.8 Å². The SMILES string of the molecule is Cc1cc(C)c(S(=O)(=O)N2CCC(N(C)CC(=O)O)CC2)c(C)c1. The number of hydrogen-bond donors (Lipinski definition) is 1. The minimum atomic E-state index is -3.51. The normalized spacial score (nSPS) is 17.4. The van der Waals surface area contributed by atoms with Crippen molar-refractivity contribution in [2.24, 2.45) is 0 Å². The van der Waals surface area contributed by atoms with Crippen LogP contribution in [-0.2, 0) is 14.8 Å². The Morgan fingerprint density at radius 3 is 2.17 bits per heavy atom. The summed E-state index contributed by atoms with van der Waals surface area (Å²) >= 11 is 0. The van der Waals surface area contributed by atoms with E-state index in [0.29, 0.717) is 30.8 Å². The van der Waals surface area contributed by atoms with Crippen molar-refractivity contribution in [3.05, 3.63) is 28.8 Å². The summed E-state index contributed by atoms with van der Waals surface area (Å²) < 4.78 is 27.6. The first kappa shape index (κ1) is 18.9. The summed E-state index contributed by atoms with van der Waals surface area (Å²) in [5.74, 6) is -0.863. The maximum absolute atomic E-state index is 13.0. The number of likely N-dealkylation sites (N-methyl/N-ethyl adjacent to an activating group) is 1. The Balaban J connectivity index is 2.15. The number of aryl methyl sites for hydroxylation is 3. The Hall–Kier alpha value is -1.44. The number of benzene rings is 1. The van der Waals surface area contributed by atoms with E-state index in [1.807, 2.05) is 32.9 Å². The van der Waals surface area contributed by atoms with E-state index in [-0.39, 0.29) is 12.6 Å². The molecule has 0 spiro atoms. The molecule has 1 fully saturated rings. The highest BCUT2D eigenvalue weighted by Gasteiger charge is 2.32. The number of sulfonamides is 1. The van der Waals surface area contributed by atoms with E-state index in [1.165, 1.54) is 4.31 Å². The molecule has 0 aromatic heterocycles. The van der Waals surface area contributed by atoms with Gasteiger partial charge in [-0.1, -0.05) is 17.7 Å². The molecule has 1 aliphatic rings. The molecule has 0 amide bonds. The van der Waals surface area contributed by atoms with E-state index in [9.17, 15) is 13.2 Å². The fourth-order valence-electron chi connectivity index (χ4n) is 3.57. The van der Waals surface area contributed by atoms with Crippen LogP contribution < -0.4 is 0 Å². The molecule has 1 aromatic rings. The Labute approximate surface area is 144 Å². The van der Waals surface area contributed by atoms with Gasteiger partial charge < -0.3 is 5.11 Å². The highest BCUT2D eigenvalue weighted by atomic mass is 32.2. The average Bonchev–Trinajstić information content (AvgIpc) is 2.45. The molecule has 6 nitrogen and oxygen atoms in total. The van der Waals surface area contributed by atoms with Crippen LogP contribution in [0.1, 0.15) is 29.5 Å². The zero-order valence-corrected chi connectivity index (χ0v) is 15.6. The van der Waals surface area contributed by atoms with Crippen LogP contribution in [0.2, 0.25) is 0 Å². The quantitative estimate of drug-likeness (QED) is 0.872. The summed E-state index contributed by atoms with van der Waals surface area (Å²) in [6.07, 6.45) is 1.29. The van der Waals surface area contributed by atoms with Gasteiger partial charge in [-0.15, -0.1) is 0 Å². The molecule has 0 saturated carbocycles. The van der Waals surface area contributed by atoms with Crippen molar-refractivity contribution in [2.75, 3.05) is 26.7 Å². The molecule has 134 valence electrons. The molecular formula is C17H26N2O4S. The van der Waals surface area contributed by atoms with Crippen molar-refractivity contribution < 1.29 is 18.3 Å². The second-order valence-electron chi connectivity index (χ2n) is 6.67. The van der Waals surface area contributed by atoms with Crippen molar-refractivity contribution in [3.63, 3.8) is 0 Å². The lowest BCUT2D eigenvalue weighted by Crippen LogP contribution is -2.46. The highest BCUT2D eigenvalue weighted by molar-refractivity contribution is 7.89. The van der Waals surface area contributed by atoms with Gasteiger partial charge in [-0.05, 0) is 51.8 Å². The van der Waals surface area contributed by atoms with Gasteiger partial charge in [-0.3, -0.25) is 9.69 Å². The molecule has 1 aromatic carbocycles. The molecule has 0 bridgehead atoms. The van der Waals surface area contributed by atoms with E-state index in [4.69, 9.17) is 5.11 Å². The third kappa shape index (κ3) is 3.96. The Kier molecular flexibility index (Phi) is 5.67. The van der Waals surface area contributed by atoms with Crippen molar-refractivity contribution in [3.8, 4) is 0 Å². The third-order valence-electron chi connectivity index (χ3n) is 4.63. The highest BCUT2D eigenvalue weighted by Crippen LogP contribution is 2.28.